The summed E-state index contributed by atoms with van der Waals surface area (Å²) in [7, 11) is 0. The maximum absolute atomic E-state index is 10.6. The zero-order valence-electron chi connectivity index (χ0n) is 8.54. The normalized spacial score (nSPS) is 14.2. The number of hydrogen-bond donors (Lipinski definition) is 2. The average molecular weight is 205 g/mol. The van der Waals surface area contributed by atoms with Gasteiger partial charge in [0.25, 0.3) is 0 Å². The van der Waals surface area contributed by atoms with Crippen LogP contribution >= 0.6 is 11.8 Å². The lowest BCUT2D eigenvalue weighted by Crippen LogP contribution is -2.46. The molecule has 1 atom stereocenters. The van der Waals surface area contributed by atoms with E-state index in [0.29, 0.717) is 0 Å². The Hall–Kier alpha value is -0.220. The highest BCUT2D eigenvalue weighted by Gasteiger charge is 2.31. The maximum atomic E-state index is 10.6. The Morgan fingerprint density at radius 3 is 2.54 bits per heavy atom. The predicted molar refractivity (Wildman–Crippen MR) is 57.1 cm³/mol. The zero-order chi connectivity index (χ0) is 10.5. The molecule has 78 valence electrons. The fraction of sp³-hybridized carbons (Fsp3) is 0.889. The van der Waals surface area contributed by atoms with Crippen molar-refractivity contribution in [2.24, 2.45) is 5.73 Å². The molecule has 0 aliphatic rings. The van der Waals surface area contributed by atoms with E-state index in [-0.39, 0.29) is 4.75 Å². The third kappa shape index (κ3) is 4.52. The van der Waals surface area contributed by atoms with E-state index in [0.717, 1.165) is 18.6 Å². The van der Waals surface area contributed by atoms with Gasteiger partial charge < -0.3 is 10.8 Å². The van der Waals surface area contributed by atoms with Gasteiger partial charge in [-0.1, -0.05) is 13.3 Å². The molecule has 0 rings (SSSR count). The second kappa shape index (κ2) is 5.50. The first-order chi connectivity index (χ1) is 5.91. The first-order valence-electron chi connectivity index (χ1n) is 4.54. The van der Waals surface area contributed by atoms with E-state index in [1.807, 2.05) is 13.8 Å². The predicted octanol–water partition coefficient (Wildman–Crippen LogP) is 1.71. The van der Waals surface area contributed by atoms with Crippen molar-refractivity contribution in [1.82, 2.24) is 0 Å². The summed E-state index contributed by atoms with van der Waals surface area (Å²) in [6, 6.07) is -0.783. The fourth-order valence-electron chi connectivity index (χ4n) is 0.867. The molecule has 0 unspecified atom stereocenters. The van der Waals surface area contributed by atoms with E-state index in [9.17, 15) is 4.79 Å². The van der Waals surface area contributed by atoms with Crippen LogP contribution in [0.4, 0.5) is 0 Å². The minimum Gasteiger partial charge on any atom is -0.480 e. The molecule has 3 nitrogen and oxygen atoms in total. The highest BCUT2D eigenvalue weighted by molar-refractivity contribution is 8.00. The number of unbranched alkanes of at least 4 members (excludes halogenated alkanes) is 1. The lowest BCUT2D eigenvalue weighted by Gasteiger charge is -2.27. The summed E-state index contributed by atoms with van der Waals surface area (Å²) in [6.07, 6.45) is 2.24. The van der Waals surface area contributed by atoms with Crippen LogP contribution in [0.15, 0.2) is 0 Å². The van der Waals surface area contributed by atoms with Crippen molar-refractivity contribution >= 4 is 17.7 Å². The van der Waals surface area contributed by atoms with Crippen LogP contribution in [0.25, 0.3) is 0 Å². The van der Waals surface area contributed by atoms with E-state index >= 15 is 0 Å². The first-order valence-corrected chi connectivity index (χ1v) is 5.52. The lowest BCUT2D eigenvalue weighted by molar-refractivity contribution is -0.139. The molecule has 0 saturated heterocycles. The Morgan fingerprint density at radius 2 is 2.15 bits per heavy atom. The quantitative estimate of drug-likeness (QED) is 0.648. The van der Waals surface area contributed by atoms with Gasteiger partial charge in [-0.15, -0.1) is 0 Å². The molecule has 13 heavy (non-hydrogen) atoms. The molecule has 0 aromatic heterocycles. The third-order valence-electron chi connectivity index (χ3n) is 1.99. The van der Waals surface area contributed by atoms with Crippen molar-refractivity contribution in [2.45, 2.75) is 44.4 Å². The Labute approximate surface area is 84.1 Å². The number of thioether (sulfide) groups is 1. The molecule has 0 spiro atoms. The van der Waals surface area contributed by atoms with Crippen molar-refractivity contribution in [3.63, 3.8) is 0 Å². The summed E-state index contributed by atoms with van der Waals surface area (Å²) >= 11 is 1.63. The third-order valence-corrected chi connectivity index (χ3v) is 3.48. The summed E-state index contributed by atoms with van der Waals surface area (Å²) in [5.41, 5.74) is 5.56. The highest BCUT2D eigenvalue weighted by atomic mass is 32.2. The number of nitrogens with two attached hydrogens (primary N) is 1. The number of carboxylic acids is 1. The largest absolute Gasteiger partial charge is 0.480 e. The molecule has 3 N–H and O–H groups in total. The van der Waals surface area contributed by atoms with Gasteiger partial charge in [-0.25, -0.2) is 0 Å². The number of carboxylic acid groups (broad SMARTS) is 1. The highest BCUT2D eigenvalue weighted by Crippen LogP contribution is 2.28. The van der Waals surface area contributed by atoms with E-state index in [1.165, 1.54) is 0 Å². The van der Waals surface area contributed by atoms with Gasteiger partial charge in [0.15, 0.2) is 0 Å². The van der Waals surface area contributed by atoms with Gasteiger partial charge in [-0.3, -0.25) is 4.79 Å². The molecule has 4 heteroatoms. The number of carbonyl (C=O) groups is 1. The number of aliphatic carboxylic acids is 1. The molecule has 0 saturated carbocycles. The molecule has 0 aromatic rings. The molecule has 0 aliphatic heterocycles. The van der Waals surface area contributed by atoms with Gasteiger partial charge >= 0.3 is 5.97 Å². The number of rotatable bonds is 6. The molecule has 0 bridgehead atoms. The van der Waals surface area contributed by atoms with Crippen LogP contribution < -0.4 is 5.73 Å². The van der Waals surface area contributed by atoms with E-state index in [4.69, 9.17) is 10.8 Å². The van der Waals surface area contributed by atoms with Crippen LogP contribution in [-0.4, -0.2) is 27.6 Å². The second-order valence-electron chi connectivity index (χ2n) is 3.62. The molecular formula is C9H19NO2S. The van der Waals surface area contributed by atoms with Crippen LogP contribution in [0.1, 0.15) is 33.6 Å². The molecule has 0 amide bonds. The molecule has 0 aliphatic carbocycles. The summed E-state index contributed by atoms with van der Waals surface area (Å²) in [4.78, 5) is 10.6. The number of hydrogen-bond acceptors (Lipinski definition) is 3. The average Bonchev–Trinajstić information content (AvgIpc) is 2.03. The minimum absolute atomic E-state index is 0.374. The summed E-state index contributed by atoms with van der Waals surface area (Å²) in [5.74, 6) is 0.0544. The monoisotopic (exact) mass is 205 g/mol. The smallest absolute Gasteiger partial charge is 0.321 e. The second-order valence-corrected chi connectivity index (χ2v) is 5.37. The van der Waals surface area contributed by atoms with Gasteiger partial charge in [0, 0.05) is 4.75 Å². The summed E-state index contributed by atoms with van der Waals surface area (Å²) in [5, 5.41) is 8.74. The van der Waals surface area contributed by atoms with E-state index in [1.54, 1.807) is 11.8 Å². The minimum atomic E-state index is -0.922. The van der Waals surface area contributed by atoms with E-state index < -0.39 is 12.0 Å². The zero-order valence-corrected chi connectivity index (χ0v) is 9.36. The van der Waals surface area contributed by atoms with Crippen molar-refractivity contribution in [3.8, 4) is 0 Å². The van der Waals surface area contributed by atoms with Crippen molar-refractivity contribution in [1.29, 1.82) is 0 Å². The van der Waals surface area contributed by atoms with Crippen molar-refractivity contribution in [2.75, 3.05) is 5.75 Å². The fourth-order valence-corrected chi connectivity index (χ4v) is 2.11. The van der Waals surface area contributed by atoms with Gasteiger partial charge in [-0.05, 0) is 26.0 Å². The van der Waals surface area contributed by atoms with Gasteiger partial charge in [0.1, 0.15) is 6.04 Å². The Morgan fingerprint density at radius 1 is 1.62 bits per heavy atom. The SMILES string of the molecule is CCCCSC(C)(C)[C@H](N)C(=O)O. The van der Waals surface area contributed by atoms with Crippen LogP contribution in [0.3, 0.4) is 0 Å². The molecule has 0 aromatic carbocycles. The van der Waals surface area contributed by atoms with Crippen molar-refractivity contribution < 1.29 is 9.90 Å². The van der Waals surface area contributed by atoms with Crippen LogP contribution in [-0.2, 0) is 4.79 Å². The summed E-state index contributed by atoms with van der Waals surface area (Å²) in [6.45, 7) is 5.88. The van der Waals surface area contributed by atoms with Gasteiger partial charge in [0.05, 0.1) is 0 Å². The maximum Gasteiger partial charge on any atom is 0.321 e. The molecule has 0 fully saturated rings. The topological polar surface area (TPSA) is 63.3 Å². The summed E-state index contributed by atoms with van der Waals surface area (Å²) < 4.78 is -0.374. The first kappa shape index (κ1) is 12.8. The molecule has 0 radical (unpaired) electrons. The van der Waals surface area contributed by atoms with Crippen LogP contribution in [0, 0.1) is 0 Å². The van der Waals surface area contributed by atoms with Crippen LogP contribution in [0.2, 0.25) is 0 Å². The van der Waals surface area contributed by atoms with Gasteiger partial charge in [0.2, 0.25) is 0 Å². The lowest BCUT2D eigenvalue weighted by atomic mass is 10.1. The van der Waals surface area contributed by atoms with E-state index in [2.05, 4.69) is 6.92 Å². The molecular weight excluding hydrogens is 186 g/mol. The van der Waals surface area contributed by atoms with Crippen LogP contribution in [0.5, 0.6) is 0 Å². The molecule has 0 heterocycles. The Bertz CT molecular complexity index is 171. The Balaban J connectivity index is 3.98. The Kier molecular flexibility index (Phi) is 5.40. The standard InChI is InChI=1S/C9H19NO2S/c1-4-5-6-13-9(2,3)7(10)8(11)12/h7H,4-6,10H2,1-3H3,(H,11,12)/t7-/m1/s1. The van der Waals surface area contributed by atoms with Crippen molar-refractivity contribution in [3.05, 3.63) is 0 Å². The van der Waals surface area contributed by atoms with Gasteiger partial charge in [-0.2, -0.15) is 11.8 Å².